The lowest BCUT2D eigenvalue weighted by molar-refractivity contribution is -0.137. The molecule has 0 radical (unpaired) electrons. The number of hydrogen-bond donors (Lipinski definition) is 1. The van der Waals surface area contributed by atoms with Crippen LogP contribution in [0.25, 0.3) is 0 Å². The van der Waals surface area contributed by atoms with Crippen molar-refractivity contribution in [1.29, 1.82) is 0 Å². The normalized spacial score (nSPS) is 22.7. The summed E-state index contributed by atoms with van der Waals surface area (Å²) in [6.45, 7) is 6.88. The van der Waals surface area contributed by atoms with Gasteiger partial charge in [0.2, 0.25) is 10.0 Å². The highest BCUT2D eigenvalue weighted by molar-refractivity contribution is 7.88. The predicted octanol–water partition coefficient (Wildman–Crippen LogP) is 4.40. The highest BCUT2D eigenvalue weighted by Crippen LogP contribution is 2.36. The minimum absolute atomic E-state index is 0.0294. The van der Waals surface area contributed by atoms with Gasteiger partial charge in [-0.3, -0.25) is 4.79 Å². The fourth-order valence-corrected chi connectivity index (χ4v) is 7.46. The average Bonchev–Trinajstić information content (AvgIpc) is 3.49. The number of benzene rings is 1. The zero-order valence-electron chi connectivity index (χ0n) is 26.3. The molecule has 45 heavy (non-hydrogen) atoms. The van der Waals surface area contributed by atoms with Crippen molar-refractivity contribution in [2.24, 2.45) is 0 Å². The number of aryl methyl sites for hydroxylation is 1. The number of alkyl halides is 3. The Bertz CT molecular complexity index is 1470. The van der Waals surface area contributed by atoms with E-state index in [4.69, 9.17) is 4.74 Å². The van der Waals surface area contributed by atoms with Crippen molar-refractivity contribution in [1.82, 2.24) is 24.1 Å². The van der Waals surface area contributed by atoms with Crippen LogP contribution in [0.2, 0.25) is 0 Å². The Kier molecular flexibility index (Phi) is 10.1. The third kappa shape index (κ3) is 7.95. The monoisotopic (exact) mass is 652 g/mol. The number of piperidine rings is 2. The predicted molar refractivity (Wildman–Crippen MR) is 164 cm³/mol. The molecule has 0 aliphatic carbocycles. The molecule has 248 valence electrons. The lowest BCUT2D eigenvalue weighted by Gasteiger charge is -2.43. The molecule has 3 aliphatic heterocycles. The van der Waals surface area contributed by atoms with Crippen LogP contribution in [0.1, 0.15) is 77.6 Å². The molecule has 0 bridgehead atoms. The fourth-order valence-electron chi connectivity index (χ4n) is 6.70. The first-order chi connectivity index (χ1) is 21.2. The molecule has 0 spiro atoms. The first kappa shape index (κ1) is 33.6. The molecule has 1 N–H and O–H groups in total. The van der Waals surface area contributed by atoms with E-state index in [1.165, 1.54) is 16.6 Å². The van der Waals surface area contributed by atoms with E-state index < -0.39 is 27.9 Å². The van der Waals surface area contributed by atoms with Gasteiger partial charge in [0.15, 0.2) is 0 Å². The number of anilines is 1. The molecule has 3 fully saturated rings. The van der Waals surface area contributed by atoms with Crippen LogP contribution >= 0.6 is 0 Å². The molecular weight excluding hydrogens is 609 g/mol. The van der Waals surface area contributed by atoms with Crippen LogP contribution in [0.4, 0.5) is 19.0 Å². The van der Waals surface area contributed by atoms with Gasteiger partial charge in [-0.2, -0.15) is 13.2 Å². The Hall–Kier alpha value is -2.81. The summed E-state index contributed by atoms with van der Waals surface area (Å²) in [6, 6.07) is 5.68. The van der Waals surface area contributed by atoms with Gasteiger partial charge in [-0.05, 0) is 83.2 Å². The number of nitrogens with zero attached hydrogens (tertiary/aromatic N) is 5. The Morgan fingerprint density at radius 2 is 1.73 bits per heavy atom. The summed E-state index contributed by atoms with van der Waals surface area (Å²) < 4.78 is 70.9. The number of ether oxygens (including phenoxy) is 1. The topological polar surface area (TPSA) is 108 Å². The largest absolute Gasteiger partial charge is 0.416 e. The van der Waals surface area contributed by atoms with Gasteiger partial charge in [0.05, 0.1) is 24.0 Å². The number of hydrogen-bond acceptors (Lipinski definition) is 8. The fraction of sp³-hybridized carbons (Fsp3) is 0.645. The van der Waals surface area contributed by atoms with Crippen molar-refractivity contribution < 1.29 is 31.1 Å². The highest BCUT2D eigenvalue weighted by atomic mass is 32.2. The summed E-state index contributed by atoms with van der Waals surface area (Å²) in [5.41, 5.74) is 0.847. The number of sulfonamides is 1. The van der Waals surface area contributed by atoms with E-state index >= 15 is 0 Å². The van der Waals surface area contributed by atoms with E-state index in [0.717, 1.165) is 50.9 Å². The van der Waals surface area contributed by atoms with Gasteiger partial charge >= 0.3 is 6.18 Å². The minimum atomic E-state index is -4.40. The molecule has 4 heterocycles. The molecule has 2 aromatic rings. The molecule has 2 atom stereocenters. The van der Waals surface area contributed by atoms with E-state index in [1.807, 2.05) is 11.8 Å². The van der Waals surface area contributed by atoms with Crippen molar-refractivity contribution in [2.45, 2.75) is 82.8 Å². The SMILES string of the molecule is Cc1nc(NCC2CC[C@H](c3cccc(C(F)(F)F)c3)O2)c(C)c(C(=O)N2CCC(N3CCC(N(C)S(C)(=O)=O)CC3)CC2)n1. The van der Waals surface area contributed by atoms with Crippen molar-refractivity contribution in [3.05, 3.63) is 52.5 Å². The maximum Gasteiger partial charge on any atom is 0.416 e. The van der Waals surface area contributed by atoms with Crippen LogP contribution in [0.15, 0.2) is 24.3 Å². The molecule has 3 saturated heterocycles. The summed E-state index contributed by atoms with van der Waals surface area (Å²) in [7, 11) is -1.55. The number of amides is 1. The molecular formula is C31H43F3N6O4S. The number of halogens is 3. The highest BCUT2D eigenvalue weighted by Gasteiger charge is 2.35. The zero-order valence-corrected chi connectivity index (χ0v) is 27.1. The van der Waals surface area contributed by atoms with E-state index in [2.05, 4.69) is 20.2 Å². The zero-order chi connectivity index (χ0) is 32.5. The van der Waals surface area contributed by atoms with Crippen LogP contribution in [0, 0.1) is 13.8 Å². The molecule has 0 saturated carbocycles. The summed E-state index contributed by atoms with van der Waals surface area (Å²) in [5.74, 6) is 0.890. The molecule has 1 aromatic carbocycles. The summed E-state index contributed by atoms with van der Waals surface area (Å²) in [5, 5.41) is 3.30. The Labute approximate surface area is 263 Å². The molecule has 1 aromatic heterocycles. The molecule has 3 aliphatic rings. The van der Waals surface area contributed by atoms with E-state index in [9.17, 15) is 26.4 Å². The second-order valence-electron chi connectivity index (χ2n) is 12.5. The lowest BCUT2D eigenvalue weighted by atomic mass is 9.97. The standard InChI is InChI=1S/C31H43F3N6O4S/c1-20-28(30(41)40-16-12-25(13-17-40)39-14-10-24(11-15-39)38(3)45(4,42)43)36-21(2)37-29(20)35-19-26-8-9-27(44-26)22-6-5-7-23(18-22)31(32,33)34/h5-7,18,24-27H,8-17,19H2,1-4H3,(H,35,36,37)/t26?,27-/m1/s1. The van der Waals surface area contributed by atoms with Crippen LogP contribution in [-0.2, 0) is 20.9 Å². The van der Waals surface area contributed by atoms with Gasteiger partial charge in [0, 0.05) is 44.3 Å². The van der Waals surface area contributed by atoms with Gasteiger partial charge in [-0.15, -0.1) is 0 Å². The van der Waals surface area contributed by atoms with Gasteiger partial charge < -0.3 is 19.9 Å². The third-order valence-corrected chi connectivity index (χ3v) is 10.8. The van der Waals surface area contributed by atoms with Gasteiger partial charge in [0.1, 0.15) is 17.3 Å². The second kappa shape index (κ2) is 13.5. The third-order valence-electron chi connectivity index (χ3n) is 9.46. The summed E-state index contributed by atoms with van der Waals surface area (Å²) in [4.78, 5) is 26.9. The van der Waals surface area contributed by atoms with E-state index in [0.29, 0.717) is 67.0 Å². The van der Waals surface area contributed by atoms with Crippen LogP contribution < -0.4 is 5.32 Å². The van der Waals surface area contributed by atoms with Crippen molar-refractivity contribution in [3.8, 4) is 0 Å². The molecule has 5 rings (SSSR count). The first-order valence-electron chi connectivity index (χ1n) is 15.6. The Morgan fingerprint density at radius 3 is 2.38 bits per heavy atom. The number of likely N-dealkylation sites (tertiary alicyclic amines) is 2. The number of rotatable bonds is 8. The number of carbonyl (C=O) groups excluding carboxylic acids is 1. The van der Waals surface area contributed by atoms with E-state index in [-0.39, 0.29) is 18.1 Å². The quantitative estimate of drug-likeness (QED) is 0.447. The minimum Gasteiger partial charge on any atom is -0.368 e. The molecule has 14 heteroatoms. The molecule has 1 amide bonds. The number of carbonyl (C=O) groups is 1. The molecule has 1 unspecified atom stereocenters. The van der Waals surface area contributed by atoms with Crippen molar-refractivity contribution in [3.63, 3.8) is 0 Å². The van der Waals surface area contributed by atoms with Gasteiger partial charge in [-0.25, -0.2) is 22.7 Å². The maximum atomic E-state index is 13.6. The lowest BCUT2D eigenvalue weighted by Crippen LogP contribution is -2.52. The van der Waals surface area contributed by atoms with Crippen LogP contribution in [0.3, 0.4) is 0 Å². The second-order valence-corrected chi connectivity index (χ2v) is 14.5. The Balaban J connectivity index is 1.14. The van der Waals surface area contributed by atoms with Crippen LogP contribution in [0.5, 0.6) is 0 Å². The van der Waals surface area contributed by atoms with E-state index in [1.54, 1.807) is 20.0 Å². The maximum absolute atomic E-state index is 13.6. The summed E-state index contributed by atoms with van der Waals surface area (Å²) in [6.07, 6.45) is 0.818. The van der Waals surface area contributed by atoms with Gasteiger partial charge in [0.25, 0.3) is 5.91 Å². The Morgan fingerprint density at radius 1 is 1.04 bits per heavy atom. The summed E-state index contributed by atoms with van der Waals surface area (Å²) >= 11 is 0. The number of nitrogens with one attached hydrogen (secondary N) is 1. The van der Waals surface area contributed by atoms with Crippen LogP contribution in [-0.4, -0.2) is 103 Å². The smallest absolute Gasteiger partial charge is 0.368 e. The van der Waals surface area contributed by atoms with Gasteiger partial charge in [-0.1, -0.05) is 12.1 Å². The van der Waals surface area contributed by atoms with Crippen molar-refractivity contribution >= 4 is 21.7 Å². The molecule has 10 nitrogen and oxygen atoms in total. The average molecular weight is 653 g/mol. The number of aromatic nitrogens is 2. The van der Waals surface area contributed by atoms with Crippen molar-refractivity contribution in [2.75, 3.05) is 51.3 Å². The first-order valence-corrected chi connectivity index (χ1v) is 17.4.